The summed E-state index contributed by atoms with van der Waals surface area (Å²) in [6.07, 6.45) is 0. The van der Waals surface area contributed by atoms with E-state index in [0.717, 1.165) is 0 Å². The third-order valence-corrected chi connectivity index (χ3v) is 4.04. The molecule has 13 heteroatoms. The number of alkyl halides is 9. The first kappa shape index (κ1) is 19.5. The Morgan fingerprint density at radius 2 is 0.955 bits per heavy atom. The molecule has 0 fully saturated rings. The summed E-state index contributed by atoms with van der Waals surface area (Å²) >= 11 is -2.58. The Hall–Kier alpha value is -0.560. The second-order valence-corrected chi connectivity index (χ2v) is 6.83. The molecule has 2 N–H and O–H groups in total. The monoisotopic (exact) mass is 393 g/mol. The average molecular weight is 393 g/mol. The van der Waals surface area contributed by atoms with E-state index in [1.165, 1.54) is 0 Å². The number of hydrogen-bond acceptors (Lipinski definition) is 4. The summed E-state index contributed by atoms with van der Waals surface area (Å²) in [5.41, 5.74) is -10.4. The van der Waals surface area contributed by atoms with Gasteiger partial charge in [0.1, 0.15) is 0 Å². The largest absolute Gasteiger partial charge is 0.446 e. The lowest BCUT2D eigenvalue weighted by atomic mass is 10.3. The highest BCUT2D eigenvalue weighted by atomic mass is 32.2. The normalized spacial score (nSPS) is 13.5. The number of anilines is 1. The molecule has 1 rings (SSSR count). The van der Waals surface area contributed by atoms with Gasteiger partial charge in [-0.2, -0.15) is 39.5 Å². The fourth-order valence-electron chi connectivity index (χ4n) is 1.19. The van der Waals surface area contributed by atoms with Crippen LogP contribution in [0.1, 0.15) is 0 Å². The highest BCUT2D eigenvalue weighted by Crippen LogP contribution is 2.49. The molecule has 0 aliphatic carbocycles. The third kappa shape index (κ3) is 7.13. The molecule has 126 valence electrons. The van der Waals surface area contributed by atoms with E-state index in [9.17, 15) is 39.5 Å². The van der Waals surface area contributed by atoms with Gasteiger partial charge in [-0.25, -0.2) is 0 Å². The Kier molecular flexibility index (Phi) is 5.77. The second kappa shape index (κ2) is 6.51. The molecule has 0 saturated carbocycles. The van der Waals surface area contributed by atoms with Crippen molar-refractivity contribution in [3.05, 3.63) is 12.1 Å². The summed E-state index contributed by atoms with van der Waals surface area (Å²) < 4.78 is 111. The minimum absolute atomic E-state index is 0.450. The van der Waals surface area contributed by atoms with Crippen LogP contribution in [-0.2, 0) is 0 Å². The minimum Gasteiger partial charge on any atom is -0.397 e. The van der Waals surface area contributed by atoms with Crippen LogP contribution in [0, 0.1) is 0 Å². The molecule has 0 spiro atoms. The zero-order chi connectivity index (χ0) is 17.3. The van der Waals surface area contributed by atoms with Crippen LogP contribution in [-0.4, -0.2) is 16.5 Å². The highest BCUT2D eigenvalue weighted by molar-refractivity contribution is 8.01. The molecule has 22 heavy (non-hydrogen) atoms. The van der Waals surface area contributed by atoms with Crippen molar-refractivity contribution in [2.45, 2.75) is 31.2 Å². The predicted octanol–water partition coefficient (Wildman–Crippen LogP) is 6.10. The van der Waals surface area contributed by atoms with E-state index in [0.29, 0.717) is 12.1 Å². The molecule has 1 aromatic carbocycles. The van der Waals surface area contributed by atoms with Gasteiger partial charge in [0, 0.05) is 14.7 Å². The molecule has 0 unspecified atom stereocenters. The van der Waals surface area contributed by atoms with Crippen molar-refractivity contribution < 1.29 is 39.5 Å². The molecule has 1 nitrogen and oxygen atoms in total. The third-order valence-electron chi connectivity index (χ3n) is 1.76. The van der Waals surface area contributed by atoms with Gasteiger partial charge in [0.05, 0.1) is 5.69 Å². The van der Waals surface area contributed by atoms with Crippen LogP contribution in [0.5, 0.6) is 0 Å². The molecular weight excluding hydrogens is 389 g/mol. The van der Waals surface area contributed by atoms with Gasteiger partial charge in [-0.05, 0) is 47.4 Å². The number of halogens is 9. The Labute approximate surface area is 130 Å². The van der Waals surface area contributed by atoms with E-state index in [1.807, 2.05) is 0 Å². The molecule has 0 aliphatic heterocycles. The van der Waals surface area contributed by atoms with Crippen molar-refractivity contribution in [1.29, 1.82) is 0 Å². The zero-order valence-electron chi connectivity index (χ0n) is 9.86. The lowest BCUT2D eigenvalue weighted by Gasteiger charge is -2.16. The SMILES string of the molecule is Nc1c(SC(F)(F)F)cc(SC(F)(F)F)cc1SC(F)(F)F. The lowest BCUT2D eigenvalue weighted by Crippen LogP contribution is -2.06. The van der Waals surface area contributed by atoms with Gasteiger partial charge >= 0.3 is 16.5 Å². The molecule has 0 saturated heterocycles. The maximum absolute atomic E-state index is 12.3. The van der Waals surface area contributed by atoms with Crippen LogP contribution in [0.25, 0.3) is 0 Å². The van der Waals surface area contributed by atoms with Gasteiger partial charge in [0.15, 0.2) is 0 Å². The smallest absolute Gasteiger partial charge is 0.397 e. The second-order valence-electron chi connectivity index (χ2n) is 3.48. The van der Waals surface area contributed by atoms with Crippen molar-refractivity contribution in [2.75, 3.05) is 5.73 Å². The fourth-order valence-corrected chi connectivity index (χ4v) is 3.33. The molecule has 0 aromatic heterocycles. The van der Waals surface area contributed by atoms with Gasteiger partial charge < -0.3 is 5.73 Å². The van der Waals surface area contributed by atoms with E-state index < -0.39 is 72.2 Å². The fraction of sp³-hybridized carbons (Fsp3) is 0.333. The molecule has 0 bridgehead atoms. The topological polar surface area (TPSA) is 26.0 Å². The number of nitrogen functional groups attached to an aromatic ring is 1. The minimum atomic E-state index is -4.91. The average Bonchev–Trinajstić information content (AvgIpc) is 2.18. The summed E-state index contributed by atoms with van der Waals surface area (Å²) in [7, 11) is 0. The molecule has 0 aliphatic rings. The van der Waals surface area contributed by atoms with Gasteiger partial charge in [-0.15, -0.1) is 0 Å². The summed E-state index contributed by atoms with van der Waals surface area (Å²) in [6.45, 7) is 0. The van der Waals surface area contributed by atoms with E-state index in [1.54, 1.807) is 0 Å². The van der Waals surface area contributed by atoms with E-state index in [2.05, 4.69) is 0 Å². The maximum Gasteiger partial charge on any atom is 0.446 e. The van der Waals surface area contributed by atoms with Gasteiger partial charge in [0.25, 0.3) is 0 Å². The number of thioether (sulfide) groups is 3. The van der Waals surface area contributed by atoms with Crippen molar-refractivity contribution in [2.24, 2.45) is 0 Å². The molecule has 1 aromatic rings. The Morgan fingerprint density at radius 3 is 1.23 bits per heavy atom. The molecule has 0 amide bonds. The van der Waals surface area contributed by atoms with E-state index in [-0.39, 0.29) is 0 Å². The summed E-state index contributed by atoms with van der Waals surface area (Å²) in [4.78, 5) is -2.66. The van der Waals surface area contributed by atoms with Gasteiger partial charge in [-0.3, -0.25) is 0 Å². The number of nitrogens with two attached hydrogens (primary N) is 1. The van der Waals surface area contributed by atoms with Gasteiger partial charge in [0.2, 0.25) is 0 Å². The number of rotatable bonds is 3. The van der Waals surface area contributed by atoms with Crippen LogP contribution >= 0.6 is 35.3 Å². The molecule has 0 radical (unpaired) electrons. The summed E-state index contributed by atoms with van der Waals surface area (Å²) in [5, 5.41) is 0. The van der Waals surface area contributed by atoms with Crippen LogP contribution in [0.4, 0.5) is 45.2 Å². The van der Waals surface area contributed by atoms with Crippen LogP contribution in [0.3, 0.4) is 0 Å². The zero-order valence-corrected chi connectivity index (χ0v) is 12.3. The number of hydrogen-bond donors (Lipinski definition) is 1. The Morgan fingerprint density at radius 1 is 0.636 bits per heavy atom. The van der Waals surface area contributed by atoms with Gasteiger partial charge in [-0.1, -0.05) is 0 Å². The quantitative estimate of drug-likeness (QED) is 0.381. The highest BCUT2D eigenvalue weighted by Gasteiger charge is 2.36. The van der Waals surface area contributed by atoms with Crippen molar-refractivity contribution in [3.63, 3.8) is 0 Å². The van der Waals surface area contributed by atoms with Crippen LogP contribution in [0.15, 0.2) is 26.8 Å². The van der Waals surface area contributed by atoms with Crippen molar-refractivity contribution in [1.82, 2.24) is 0 Å². The predicted molar refractivity (Wildman–Crippen MR) is 66.6 cm³/mol. The maximum atomic E-state index is 12.3. The standard InChI is InChI=1S/C9H4F9NS3/c10-7(11,12)20-3-1-4(21-8(13,14)15)6(19)5(2-3)22-9(16,17)18/h1-2H,19H2. The summed E-state index contributed by atoms with van der Waals surface area (Å²) in [5.74, 6) is 0. The van der Waals surface area contributed by atoms with Crippen LogP contribution in [0.2, 0.25) is 0 Å². The number of benzene rings is 1. The summed E-state index contributed by atoms with van der Waals surface area (Å²) in [6, 6.07) is 0.901. The van der Waals surface area contributed by atoms with Crippen molar-refractivity contribution in [3.8, 4) is 0 Å². The Bertz CT molecular complexity index is 498. The lowest BCUT2D eigenvalue weighted by molar-refractivity contribution is -0.0334. The first-order valence-electron chi connectivity index (χ1n) is 4.87. The Balaban J connectivity index is 3.30. The molecular formula is C9H4F9NS3. The van der Waals surface area contributed by atoms with Crippen LogP contribution < -0.4 is 5.73 Å². The molecule has 0 atom stereocenters. The van der Waals surface area contributed by atoms with Crippen molar-refractivity contribution >= 4 is 41.0 Å². The van der Waals surface area contributed by atoms with E-state index in [4.69, 9.17) is 5.73 Å². The first-order chi connectivity index (χ1) is 9.66. The van der Waals surface area contributed by atoms with E-state index >= 15 is 0 Å². The molecule has 0 heterocycles. The first-order valence-corrected chi connectivity index (χ1v) is 7.32.